The highest BCUT2D eigenvalue weighted by Gasteiger charge is 2.20. The van der Waals surface area contributed by atoms with Crippen molar-refractivity contribution in [3.8, 4) is 11.5 Å². The standard InChI is InChI=1S/C23H30N2O3.ClH/c1-3-6-19-7-4-5-8-23(19)28-18-21(26)17-24-13-15-25(16-14-24)20-9-11-22(27-2)12-10-20;/h3-5,7-12,21,26H,1,6,13-18H2,2H3;1H/p-1. The first-order chi connectivity index (χ1) is 13.7. The van der Waals surface area contributed by atoms with Gasteiger partial charge in [0.25, 0.3) is 0 Å². The van der Waals surface area contributed by atoms with Gasteiger partial charge >= 0.3 is 0 Å². The van der Waals surface area contributed by atoms with Crippen molar-refractivity contribution >= 4 is 5.69 Å². The van der Waals surface area contributed by atoms with Crippen molar-refractivity contribution in [3.05, 3.63) is 66.7 Å². The maximum Gasteiger partial charge on any atom is 0.122 e. The van der Waals surface area contributed by atoms with Crippen molar-refractivity contribution in [2.45, 2.75) is 12.5 Å². The summed E-state index contributed by atoms with van der Waals surface area (Å²) < 4.78 is 11.1. The molecule has 1 aliphatic rings. The van der Waals surface area contributed by atoms with Crippen LogP contribution in [0.15, 0.2) is 61.2 Å². The fourth-order valence-electron chi connectivity index (χ4n) is 3.49. The van der Waals surface area contributed by atoms with Crippen LogP contribution in [0.2, 0.25) is 0 Å². The molecule has 0 amide bonds. The second kappa shape index (κ2) is 11.7. The lowest BCUT2D eigenvalue weighted by atomic mass is 10.1. The summed E-state index contributed by atoms with van der Waals surface area (Å²) in [6, 6.07) is 16.1. The van der Waals surface area contributed by atoms with Gasteiger partial charge in [-0.05, 0) is 42.3 Å². The van der Waals surface area contributed by atoms with Gasteiger partial charge in [0.2, 0.25) is 0 Å². The Kier molecular flexibility index (Phi) is 9.32. The summed E-state index contributed by atoms with van der Waals surface area (Å²) in [6.07, 6.45) is 2.12. The number of anilines is 1. The quantitative estimate of drug-likeness (QED) is 0.581. The summed E-state index contributed by atoms with van der Waals surface area (Å²) in [4.78, 5) is 4.66. The van der Waals surface area contributed by atoms with Gasteiger partial charge in [-0.25, -0.2) is 0 Å². The van der Waals surface area contributed by atoms with Crippen molar-refractivity contribution in [3.63, 3.8) is 0 Å². The smallest absolute Gasteiger partial charge is 0.122 e. The Morgan fingerprint density at radius 1 is 1.07 bits per heavy atom. The van der Waals surface area contributed by atoms with E-state index in [1.165, 1.54) is 5.69 Å². The molecule has 0 aliphatic carbocycles. The van der Waals surface area contributed by atoms with E-state index in [1.807, 2.05) is 42.5 Å². The maximum atomic E-state index is 10.4. The summed E-state index contributed by atoms with van der Waals surface area (Å²) in [5, 5.41) is 10.4. The molecule has 6 heteroatoms. The topological polar surface area (TPSA) is 45.2 Å². The molecule has 158 valence electrons. The zero-order chi connectivity index (χ0) is 19.8. The number of aliphatic hydroxyl groups is 1. The van der Waals surface area contributed by atoms with E-state index in [1.54, 1.807) is 7.11 Å². The molecular weight excluding hydrogens is 388 g/mol. The molecule has 3 rings (SSSR count). The third-order valence-corrected chi connectivity index (χ3v) is 5.05. The van der Waals surface area contributed by atoms with E-state index in [0.29, 0.717) is 13.2 Å². The molecular formula is C23H30ClN2O3-. The fraction of sp³-hybridized carbons (Fsp3) is 0.391. The number of hydrogen-bond acceptors (Lipinski definition) is 5. The van der Waals surface area contributed by atoms with Crippen LogP contribution in [0.3, 0.4) is 0 Å². The minimum atomic E-state index is -0.510. The van der Waals surface area contributed by atoms with Crippen LogP contribution in [-0.2, 0) is 6.42 Å². The zero-order valence-corrected chi connectivity index (χ0v) is 17.7. The third kappa shape index (κ3) is 6.67. The molecule has 1 heterocycles. The van der Waals surface area contributed by atoms with Crippen LogP contribution in [0.5, 0.6) is 11.5 Å². The Morgan fingerprint density at radius 3 is 2.41 bits per heavy atom. The minimum Gasteiger partial charge on any atom is -1.00 e. The Morgan fingerprint density at radius 2 is 1.76 bits per heavy atom. The number of benzene rings is 2. The minimum absolute atomic E-state index is 0. The summed E-state index contributed by atoms with van der Waals surface area (Å²) in [5.41, 5.74) is 2.31. The molecule has 1 aliphatic heterocycles. The highest BCUT2D eigenvalue weighted by atomic mass is 35.5. The summed E-state index contributed by atoms with van der Waals surface area (Å²) >= 11 is 0. The predicted octanol–water partition coefficient (Wildman–Crippen LogP) is -0.0104. The first-order valence-electron chi connectivity index (χ1n) is 9.80. The molecule has 2 aromatic carbocycles. The van der Waals surface area contributed by atoms with E-state index in [9.17, 15) is 5.11 Å². The average molecular weight is 418 g/mol. The van der Waals surface area contributed by atoms with Gasteiger partial charge in [-0.3, -0.25) is 4.90 Å². The number of para-hydroxylation sites is 1. The van der Waals surface area contributed by atoms with Gasteiger partial charge in [0.05, 0.1) is 7.11 Å². The molecule has 1 fully saturated rings. The third-order valence-electron chi connectivity index (χ3n) is 5.05. The highest BCUT2D eigenvalue weighted by Crippen LogP contribution is 2.21. The maximum absolute atomic E-state index is 10.4. The molecule has 0 saturated carbocycles. The van der Waals surface area contributed by atoms with Gasteiger partial charge in [-0.2, -0.15) is 0 Å². The van der Waals surface area contributed by atoms with Crippen LogP contribution in [-0.4, -0.2) is 62.6 Å². The monoisotopic (exact) mass is 417 g/mol. The molecule has 0 radical (unpaired) electrons. The summed E-state index contributed by atoms with van der Waals surface area (Å²) in [6.45, 7) is 8.45. The lowest BCUT2D eigenvalue weighted by Gasteiger charge is -2.36. The molecule has 1 saturated heterocycles. The van der Waals surface area contributed by atoms with Crippen molar-refractivity contribution in [1.82, 2.24) is 4.90 Å². The highest BCUT2D eigenvalue weighted by molar-refractivity contribution is 5.49. The fourth-order valence-corrected chi connectivity index (χ4v) is 3.49. The number of piperazine rings is 1. The van der Waals surface area contributed by atoms with Crippen LogP contribution in [0, 0.1) is 0 Å². The number of allylic oxidation sites excluding steroid dienone is 1. The predicted molar refractivity (Wildman–Crippen MR) is 113 cm³/mol. The Labute approximate surface area is 180 Å². The van der Waals surface area contributed by atoms with E-state index >= 15 is 0 Å². The van der Waals surface area contributed by atoms with Gasteiger partial charge in [0.15, 0.2) is 0 Å². The van der Waals surface area contributed by atoms with Crippen molar-refractivity contribution < 1.29 is 27.0 Å². The first kappa shape index (κ1) is 23.1. The van der Waals surface area contributed by atoms with Crippen molar-refractivity contribution in [2.24, 2.45) is 0 Å². The van der Waals surface area contributed by atoms with Crippen LogP contribution in [0.25, 0.3) is 0 Å². The molecule has 2 aromatic rings. The Hall–Kier alpha value is -2.21. The van der Waals surface area contributed by atoms with Gasteiger partial charge < -0.3 is 31.9 Å². The Balaban J connectivity index is 0.00000300. The van der Waals surface area contributed by atoms with Crippen LogP contribution < -0.4 is 26.8 Å². The van der Waals surface area contributed by atoms with E-state index in [2.05, 4.69) is 28.5 Å². The number of hydrogen-bond donors (Lipinski definition) is 1. The van der Waals surface area contributed by atoms with Gasteiger partial charge in [-0.1, -0.05) is 24.3 Å². The SMILES string of the molecule is C=CCc1ccccc1OCC(O)CN1CCN(c2ccc(OC)cc2)CC1.[Cl-]. The number of halogens is 1. The average Bonchev–Trinajstić information content (AvgIpc) is 2.74. The van der Waals surface area contributed by atoms with E-state index in [-0.39, 0.29) is 12.4 Å². The Bertz CT molecular complexity index is 746. The van der Waals surface area contributed by atoms with Gasteiger partial charge in [0, 0.05) is 38.4 Å². The summed E-state index contributed by atoms with van der Waals surface area (Å²) in [5.74, 6) is 1.70. The molecule has 1 N–H and O–H groups in total. The summed E-state index contributed by atoms with van der Waals surface area (Å²) in [7, 11) is 1.68. The number of aliphatic hydroxyl groups excluding tert-OH is 1. The number of rotatable bonds is 9. The second-order valence-corrected chi connectivity index (χ2v) is 7.05. The molecule has 1 atom stereocenters. The van der Waals surface area contributed by atoms with Crippen molar-refractivity contribution in [2.75, 3.05) is 51.3 Å². The molecule has 0 aromatic heterocycles. The van der Waals surface area contributed by atoms with Crippen LogP contribution in [0.1, 0.15) is 5.56 Å². The normalized spacial score (nSPS) is 15.3. The molecule has 5 nitrogen and oxygen atoms in total. The second-order valence-electron chi connectivity index (χ2n) is 7.05. The molecule has 1 unspecified atom stereocenters. The molecule has 29 heavy (non-hydrogen) atoms. The lowest BCUT2D eigenvalue weighted by molar-refractivity contribution is -0.00000828. The number of β-amino-alcohol motifs (C(OH)–C–C–N with tert-alkyl or cyclic N) is 1. The van der Waals surface area contributed by atoms with Crippen molar-refractivity contribution in [1.29, 1.82) is 0 Å². The van der Waals surface area contributed by atoms with Gasteiger partial charge in [-0.15, -0.1) is 6.58 Å². The molecule has 0 spiro atoms. The number of methoxy groups -OCH3 is 1. The molecule has 0 bridgehead atoms. The largest absolute Gasteiger partial charge is 1.00 e. The van der Waals surface area contributed by atoms with Crippen LogP contribution >= 0.6 is 0 Å². The number of nitrogens with zero attached hydrogens (tertiary/aromatic N) is 2. The van der Waals surface area contributed by atoms with Gasteiger partial charge in [0.1, 0.15) is 24.2 Å². The van der Waals surface area contributed by atoms with Crippen LogP contribution in [0.4, 0.5) is 5.69 Å². The zero-order valence-electron chi connectivity index (χ0n) is 17.0. The number of ether oxygens (including phenoxy) is 2. The first-order valence-corrected chi connectivity index (χ1v) is 9.80. The van der Waals surface area contributed by atoms with E-state index in [4.69, 9.17) is 9.47 Å². The lowest BCUT2D eigenvalue weighted by Crippen LogP contribution is -3.00. The van der Waals surface area contributed by atoms with E-state index < -0.39 is 6.10 Å². The van der Waals surface area contributed by atoms with E-state index in [0.717, 1.165) is 49.7 Å².